The minimum Gasteiger partial charge on any atom is -0.489 e. The van der Waals surface area contributed by atoms with Crippen LogP contribution < -0.4 is 10.1 Å². The highest BCUT2D eigenvalue weighted by molar-refractivity contribution is 9.10. The number of nitrogens with one attached hydrogen (secondary N) is 1. The lowest BCUT2D eigenvalue weighted by Crippen LogP contribution is -2.27. The van der Waals surface area contributed by atoms with Gasteiger partial charge in [0.25, 0.3) is 0 Å². The zero-order valence-corrected chi connectivity index (χ0v) is 22.6. The Hall–Kier alpha value is -3.43. The van der Waals surface area contributed by atoms with Crippen molar-refractivity contribution >= 4 is 39.4 Å². The van der Waals surface area contributed by atoms with E-state index in [1.165, 1.54) is 17.8 Å². The molecule has 5 rings (SSSR count). The summed E-state index contributed by atoms with van der Waals surface area (Å²) in [5, 5.41) is 8.40. The van der Waals surface area contributed by atoms with Crippen LogP contribution in [-0.2, 0) is 17.2 Å². The number of halogens is 2. The van der Waals surface area contributed by atoms with Crippen molar-refractivity contribution in [1.29, 1.82) is 0 Å². The van der Waals surface area contributed by atoms with E-state index in [9.17, 15) is 9.18 Å². The van der Waals surface area contributed by atoms with Crippen LogP contribution in [0.5, 0.6) is 5.75 Å². The van der Waals surface area contributed by atoms with Crippen LogP contribution in [0.25, 0.3) is 0 Å². The Morgan fingerprint density at radius 3 is 2.65 bits per heavy atom. The normalized spacial score (nSPS) is 14.8. The summed E-state index contributed by atoms with van der Waals surface area (Å²) in [6.45, 7) is 3.86. The molecule has 0 amide bonds. The average molecular weight is 579 g/mol. The number of thioether (sulfide) groups is 1. The molecule has 4 aromatic rings. The molecule has 1 unspecified atom stereocenters. The van der Waals surface area contributed by atoms with E-state index in [1.54, 1.807) is 29.8 Å². The summed E-state index contributed by atoms with van der Waals surface area (Å²) in [5.41, 5.74) is 3.88. The lowest BCUT2D eigenvalue weighted by Gasteiger charge is -2.28. The van der Waals surface area contributed by atoms with Crippen LogP contribution >= 0.6 is 27.7 Å². The van der Waals surface area contributed by atoms with Crippen LogP contribution in [0.4, 0.5) is 10.3 Å². The first-order valence-corrected chi connectivity index (χ1v) is 13.5. The topological polar surface area (TPSA) is 69.0 Å². The Morgan fingerprint density at radius 1 is 1.14 bits per heavy atom. The lowest BCUT2D eigenvalue weighted by atomic mass is 9.93. The van der Waals surface area contributed by atoms with Crippen molar-refractivity contribution < 1.29 is 13.9 Å². The minimum atomic E-state index is -0.441. The molecule has 6 nitrogen and oxygen atoms in total. The number of hydrogen-bond acceptors (Lipinski definition) is 6. The van der Waals surface area contributed by atoms with Gasteiger partial charge in [-0.1, -0.05) is 70.2 Å². The molecule has 0 fully saturated rings. The number of benzene rings is 3. The summed E-state index contributed by atoms with van der Waals surface area (Å²) < 4.78 is 22.8. The van der Waals surface area contributed by atoms with Crippen molar-refractivity contribution in [3.05, 3.63) is 111 Å². The lowest BCUT2D eigenvalue weighted by molar-refractivity contribution is -0.114. The Bertz CT molecular complexity index is 1490. The average Bonchev–Trinajstić information content (AvgIpc) is 3.29. The largest absolute Gasteiger partial charge is 0.489 e. The summed E-state index contributed by atoms with van der Waals surface area (Å²) in [4.78, 5) is 17.3. The highest BCUT2D eigenvalue weighted by atomic mass is 79.9. The molecule has 37 heavy (non-hydrogen) atoms. The first-order chi connectivity index (χ1) is 17.9. The maximum absolute atomic E-state index is 14.1. The number of carbonyl (C=O) groups excluding carboxylic acids is 1. The first-order valence-electron chi connectivity index (χ1n) is 11.7. The highest BCUT2D eigenvalue weighted by Gasteiger charge is 2.32. The number of aromatic nitrogens is 3. The molecule has 0 radical (unpaired) electrons. The van der Waals surface area contributed by atoms with E-state index in [1.807, 2.05) is 55.5 Å². The number of nitrogens with zero attached hydrogens (tertiary/aromatic N) is 3. The molecule has 0 saturated carbocycles. The predicted molar refractivity (Wildman–Crippen MR) is 146 cm³/mol. The third-order valence-corrected chi connectivity index (χ3v) is 7.40. The number of hydrogen-bond donors (Lipinski definition) is 1. The van der Waals surface area contributed by atoms with Crippen LogP contribution in [-0.4, -0.2) is 20.5 Å². The number of allylic oxidation sites excluding steroid dienone is 2. The second kappa shape index (κ2) is 10.9. The van der Waals surface area contributed by atoms with Gasteiger partial charge in [-0.3, -0.25) is 4.79 Å². The van der Waals surface area contributed by atoms with Gasteiger partial charge in [-0.15, -0.1) is 5.10 Å². The summed E-state index contributed by atoms with van der Waals surface area (Å²) in [7, 11) is 0. The van der Waals surface area contributed by atoms with Gasteiger partial charge in [0.05, 0.1) is 0 Å². The molecule has 9 heteroatoms. The van der Waals surface area contributed by atoms with Crippen molar-refractivity contribution in [3.8, 4) is 5.75 Å². The highest BCUT2D eigenvalue weighted by Crippen LogP contribution is 2.37. The standard InChI is InChI=1S/C28H24BrFN4O2S/c1-17-25(18(2)35)26(20-10-12-23(13-11-20)36-15-19-6-5-8-22(29)14-19)34-27(31-17)32-28(33-34)37-16-21-7-3-4-9-24(21)30/h3-14,26H,15-16H2,1-2H3,(H,31,32,33). The first kappa shape index (κ1) is 25.2. The van der Waals surface area contributed by atoms with E-state index < -0.39 is 6.04 Å². The molecular weight excluding hydrogens is 555 g/mol. The fourth-order valence-electron chi connectivity index (χ4n) is 4.25. The molecule has 188 valence electrons. The maximum Gasteiger partial charge on any atom is 0.227 e. The van der Waals surface area contributed by atoms with E-state index in [-0.39, 0.29) is 11.6 Å². The molecule has 1 aromatic heterocycles. The Labute approximate surface area is 227 Å². The molecule has 0 spiro atoms. The second-order valence-electron chi connectivity index (χ2n) is 8.65. The number of anilines is 1. The molecule has 0 aliphatic carbocycles. The maximum atomic E-state index is 14.1. The van der Waals surface area contributed by atoms with E-state index in [0.717, 1.165) is 27.0 Å². The number of rotatable bonds is 8. The smallest absolute Gasteiger partial charge is 0.227 e. The van der Waals surface area contributed by atoms with Gasteiger partial charge >= 0.3 is 0 Å². The van der Waals surface area contributed by atoms with Gasteiger partial charge in [0.2, 0.25) is 11.1 Å². The van der Waals surface area contributed by atoms with E-state index in [0.29, 0.717) is 34.6 Å². The summed E-state index contributed by atoms with van der Waals surface area (Å²) in [6, 6.07) is 21.9. The SMILES string of the molecule is CC(=O)C1=C(C)Nc2nc(SCc3ccccc3F)nn2C1c1ccc(OCc2cccc(Br)c2)cc1. The third-order valence-electron chi connectivity index (χ3n) is 6.02. The van der Waals surface area contributed by atoms with Crippen molar-refractivity contribution in [2.24, 2.45) is 0 Å². The molecule has 0 bridgehead atoms. The van der Waals surface area contributed by atoms with Crippen molar-refractivity contribution in [2.75, 3.05) is 5.32 Å². The molecule has 3 aromatic carbocycles. The van der Waals surface area contributed by atoms with Crippen LogP contribution in [0.1, 0.15) is 36.6 Å². The fourth-order valence-corrected chi connectivity index (χ4v) is 5.52. The summed E-state index contributed by atoms with van der Waals surface area (Å²) in [5.74, 6) is 1.36. The van der Waals surface area contributed by atoms with Gasteiger partial charge in [0, 0.05) is 21.5 Å². The second-order valence-corrected chi connectivity index (χ2v) is 10.5. The predicted octanol–water partition coefficient (Wildman–Crippen LogP) is 6.93. The van der Waals surface area contributed by atoms with Gasteiger partial charge < -0.3 is 10.1 Å². The number of ketones is 1. The fraction of sp³-hybridized carbons (Fsp3) is 0.179. The molecule has 1 aliphatic heterocycles. The molecule has 2 heterocycles. The summed E-state index contributed by atoms with van der Waals surface area (Å²) in [6.07, 6.45) is 0. The molecule has 1 atom stereocenters. The summed E-state index contributed by atoms with van der Waals surface area (Å²) >= 11 is 4.83. The monoisotopic (exact) mass is 578 g/mol. The van der Waals surface area contributed by atoms with Gasteiger partial charge in [-0.2, -0.15) is 4.98 Å². The quantitative estimate of drug-likeness (QED) is 0.229. The number of ether oxygens (including phenoxy) is 1. The number of fused-ring (bicyclic) bond motifs is 1. The van der Waals surface area contributed by atoms with Crippen LogP contribution in [0.15, 0.2) is 93.7 Å². The zero-order chi connectivity index (χ0) is 25.9. The van der Waals surface area contributed by atoms with Gasteiger partial charge in [0.15, 0.2) is 5.78 Å². The Balaban J connectivity index is 1.39. The van der Waals surface area contributed by atoms with E-state index in [2.05, 4.69) is 31.3 Å². The number of carbonyl (C=O) groups is 1. The third kappa shape index (κ3) is 5.62. The minimum absolute atomic E-state index is 0.0494. The van der Waals surface area contributed by atoms with Crippen molar-refractivity contribution in [1.82, 2.24) is 14.8 Å². The van der Waals surface area contributed by atoms with Crippen LogP contribution in [0, 0.1) is 5.82 Å². The molecular formula is C28H24BrFN4O2S. The van der Waals surface area contributed by atoms with Crippen molar-refractivity contribution in [3.63, 3.8) is 0 Å². The molecule has 1 N–H and O–H groups in total. The molecule has 0 saturated heterocycles. The van der Waals surface area contributed by atoms with E-state index in [4.69, 9.17) is 4.74 Å². The Kier molecular flexibility index (Phi) is 7.43. The van der Waals surface area contributed by atoms with E-state index >= 15 is 0 Å². The van der Waals surface area contributed by atoms with Crippen LogP contribution in [0.2, 0.25) is 0 Å². The van der Waals surface area contributed by atoms with Crippen molar-refractivity contribution in [2.45, 2.75) is 37.4 Å². The van der Waals surface area contributed by atoms with Gasteiger partial charge in [-0.05, 0) is 60.9 Å². The zero-order valence-electron chi connectivity index (χ0n) is 20.2. The van der Waals surface area contributed by atoms with Gasteiger partial charge in [0.1, 0.15) is 24.2 Å². The van der Waals surface area contributed by atoms with Gasteiger partial charge in [-0.25, -0.2) is 9.07 Å². The van der Waals surface area contributed by atoms with Crippen LogP contribution in [0.3, 0.4) is 0 Å². The number of Topliss-reactive ketones (excluding diaryl/α,β-unsaturated/α-hetero) is 1. The Morgan fingerprint density at radius 2 is 1.92 bits per heavy atom. The molecule has 1 aliphatic rings.